The fourth-order valence-electron chi connectivity index (χ4n) is 3.39. The van der Waals surface area contributed by atoms with Gasteiger partial charge in [0, 0.05) is 31.0 Å². The number of hydrogen-bond donors (Lipinski definition) is 1. The Kier molecular flexibility index (Phi) is 5.94. The topological polar surface area (TPSA) is 40.5 Å². The fourth-order valence-corrected chi connectivity index (χ4v) is 3.52. The molecule has 3 rings (SSSR count). The van der Waals surface area contributed by atoms with Gasteiger partial charge in [0.05, 0.1) is 5.60 Å². The van der Waals surface area contributed by atoms with Crippen LogP contribution in [0.5, 0.6) is 0 Å². The quantitative estimate of drug-likeness (QED) is 0.857. The standard InChI is InChI=1S/C21H23ClFNO2/c22-18-6-1-16(2-7-18)5-10-20(25)24-13-11-21(26,12-14-24)15-17-3-8-19(23)9-4-17/h1-4,6-9,26H,5,10-15H2. The highest BCUT2D eigenvalue weighted by molar-refractivity contribution is 6.30. The van der Waals surface area contributed by atoms with E-state index in [0.717, 1.165) is 11.1 Å². The Morgan fingerprint density at radius 1 is 1.04 bits per heavy atom. The van der Waals surface area contributed by atoms with E-state index in [2.05, 4.69) is 0 Å². The van der Waals surface area contributed by atoms with Crippen LogP contribution in [0.1, 0.15) is 30.4 Å². The second-order valence-corrected chi connectivity index (χ2v) is 7.47. The number of rotatable bonds is 5. The number of likely N-dealkylation sites (tertiary alicyclic amines) is 1. The summed E-state index contributed by atoms with van der Waals surface area (Å²) in [5.41, 5.74) is 1.18. The predicted molar refractivity (Wildman–Crippen MR) is 101 cm³/mol. The zero-order valence-electron chi connectivity index (χ0n) is 14.6. The lowest BCUT2D eigenvalue weighted by molar-refractivity contribution is -0.135. The van der Waals surface area contributed by atoms with Crippen LogP contribution in [0.3, 0.4) is 0 Å². The minimum absolute atomic E-state index is 0.115. The zero-order valence-corrected chi connectivity index (χ0v) is 15.4. The molecular weight excluding hydrogens is 353 g/mol. The first-order valence-corrected chi connectivity index (χ1v) is 9.30. The van der Waals surface area contributed by atoms with E-state index in [-0.39, 0.29) is 11.7 Å². The average Bonchev–Trinajstić information content (AvgIpc) is 2.63. The predicted octanol–water partition coefficient (Wildman–Crippen LogP) is 4.01. The zero-order chi connectivity index (χ0) is 18.6. The lowest BCUT2D eigenvalue weighted by Gasteiger charge is -2.38. The van der Waals surface area contributed by atoms with E-state index in [1.54, 1.807) is 12.1 Å². The van der Waals surface area contributed by atoms with Gasteiger partial charge in [0.1, 0.15) is 5.82 Å². The van der Waals surface area contributed by atoms with Gasteiger partial charge >= 0.3 is 0 Å². The van der Waals surface area contributed by atoms with Gasteiger partial charge in [-0.2, -0.15) is 0 Å². The van der Waals surface area contributed by atoms with Crippen molar-refractivity contribution in [3.63, 3.8) is 0 Å². The Labute approximate surface area is 158 Å². The van der Waals surface area contributed by atoms with Crippen molar-refractivity contribution in [3.8, 4) is 0 Å². The van der Waals surface area contributed by atoms with E-state index in [1.807, 2.05) is 29.2 Å². The molecule has 0 bridgehead atoms. The van der Waals surface area contributed by atoms with E-state index in [0.29, 0.717) is 50.2 Å². The van der Waals surface area contributed by atoms with Crippen molar-refractivity contribution in [1.29, 1.82) is 0 Å². The molecular formula is C21H23ClFNO2. The van der Waals surface area contributed by atoms with Crippen LogP contribution in [-0.2, 0) is 17.6 Å². The van der Waals surface area contributed by atoms with Gasteiger partial charge in [-0.05, 0) is 54.7 Å². The molecule has 1 amide bonds. The van der Waals surface area contributed by atoms with Crippen molar-refractivity contribution in [2.45, 2.75) is 37.7 Å². The number of amides is 1. The van der Waals surface area contributed by atoms with E-state index >= 15 is 0 Å². The molecule has 1 saturated heterocycles. The summed E-state index contributed by atoms with van der Waals surface area (Å²) in [6, 6.07) is 13.8. The highest BCUT2D eigenvalue weighted by atomic mass is 35.5. The molecule has 0 radical (unpaired) electrons. The Balaban J connectivity index is 1.48. The van der Waals surface area contributed by atoms with Gasteiger partial charge < -0.3 is 10.0 Å². The second kappa shape index (κ2) is 8.19. The van der Waals surface area contributed by atoms with Crippen LogP contribution in [0.4, 0.5) is 4.39 Å². The minimum Gasteiger partial charge on any atom is -0.389 e. The van der Waals surface area contributed by atoms with Gasteiger partial charge in [-0.25, -0.2) is 4.39 Å². The van der Waals surface area contributed by atoms with Gasteiger partial charge in [0.15, 0.2) is 0 Å². The summed E-state index contributed by atoms with van der Waals surface area (Å²) in [6.07, 6.45) is 2.71. The van der Waals surface area contributed by atoms with Crippen molar-refractivity contribution < 1.29 is 14.3 Å². The fraction of sp³-hybridized carbons (Fsp3) is 0.381. The van der Waals surface area contributed by atoms with Crippen LogP contribution in [-0.4, -0.2) is 34.6 Å². The Hall–Kier alpha value is -1.91. The van der Waals surface area contributed by atoms with Gasteiger partial charge in [0.25, 0.3) is 0 Å². The highest BCUT2D eigenvalue weighted by Crippen LogP contribution is 2.27. The molecule has 138 valence electrons. The Bertz CT molecular complexity index is 738. The summed E-state index contributed by atoms with van der Waals surface area (Å²) in [5.74, 6) is -0.161. The van der Waals surface area contributed by atoms with Crippen LogP contribution >= 0.6 is 11.6 Å². The molecule has 0 spiro atoms. The lowest BCUT2D eigenvalue weighted by Crippen LogP contribution is -2.47. The smallest absolute Gasteiger partial charge is 0.222 e. The average molecular weight is 376 g/mol. The number of halogens is 2. The SMILES string of the molecule is O=C(CCc1ccc(Cl)cc1)N1CCC(O)(Cc2ccc(F)cc2)CC1. The molecule has 2 aromatic rings. The molecule has 1 N–H and O–H groups in total. The van der Waals surface area contributed by atoms with Crippen molar-refractivity contribution in [1.82, 2.24) is 4.90 Å². The highest BCUT2D eigenvalue weighted by Gasteiger charge is 2.33. The number of aliphatic hydroxyl groups is 1. The number of carbonyl (C=O) groups is 1. The summed E-state index contributed by atoms with van der Waals surface area (Å²) in [6.45, 7) is 1.11. The Morgan fingerprint density at radius 2 is 1.62 bits per heavy atom. The monoisotopic (exact) mass is 375 g/mol. The first-order chi connectivity index (χ1) is 12.4. The molecule has 0 atom stereocenters. The molecule has 1 heterocycles. The summed E-state index contributed by atoms with van der Waals surface area (Å²) >= 11 is 5.87. The summed E-state index contributed by atoms with van der Waals surface area (Å²) < 4.78 is 13.0. The van der Waals surface area contributed by atoms with Crippen LogP contribution in [0.25, 0.3) is 0 Å². The van der Waals surface area contributed by atoms with Crippen LogP contribution in [0, 0.1) is 5.82 Å². The van der Waals surface area contributed by atoms with Gasteiger partial charge in [-0.15, -0.1) is 0 Å². The molecule has 0 aliphatic carbocycles. The van der Waals surface area contributed by atoms with E-state index in [4.69, 9.17) is 11.6 Å². The van der Waals surface area contributed by atoms with Crippen molar-refractivity contribution >= 4 is 17.5 Å². The van der Waals surface area contributed by atoms with Crippen LogP contribution in [0.2, 0.25) is 5.02 Å². The number of nitrogens with zero attached hydrogens (tertiary/aromatic N) is 1. The molecule has 3 nitrogen and oxygen atoms in total. The van der Waals surface area contributed by atoms with Gasteiger partial charge in [-0.3, -0.25) is 4.79 Å². The number of carbonyl (C=O) groups excluding carboxylic acids is 1. The second-order valence-electron chi connectivity index (χ2n) is 7.03. The Morgan fingerprint density at radius 3 is 2.23 bits per heavy atom. The molecule has 26 heavy (non-hydrogen) atoms. The number of benzene rings is 2. The molecule has 1 aliphatic heterocycles. The van der Waals surface area contributed by atoms with Crippen molar-refractivity contribution in [2.75, 3.05) is 13.1 Å². The molecule has 5 heteroatoms. The molecule has 1 aliphatic rings. The molecule has 0 aromatic heterocycles. The first kappa shape index (κ1) is 18.9. The van der Waals surface area contributed by atoms with E-state index < -0.39 is 5.60 Å². The maximum absolute atomic E-state index is 13.0. The normalized spacial score (nSPS) is 16.5. The molecule has 1 fully saturated rings. The molecule has 0 saturated carbocycles. The van der Waals surface area contributed by atoms with Crippen molar-refractivity contribution in [3.05, 3.63) is 70.5 Å². The number of piperidine rings is 1. The third-order valence-corrected chi connectivity index (χ3v) is 5.29. The minimum atomic E-state index is -0.829. The van der Waals surface area contributed by atoms with E-state index in [1.165, 1.54) is 12.1 Å². The van der Waals surface area contributed by atoms with Crippen molar-refractivity contribution in [2.24, 2.45) is 0 Å². The largest absolute Gasteiger partial charge is 0.389 e. The number of hydrogen-bond acceptors (Lipinski definition) is 2. The maximum Gasteiger partial charge on any atom is 0.222 e. The van der Waals surface area contributed by atoms with Crippen LogP contribution < -0.4 is 0 Å². The molecule has 0 unspecified atom stereocenters. The summed E-state index contributed by atoms with van der Waals surface area (Å²) in [5, 5.41) is 11.5. The van der Waals surface area contributed by atoms with Gasteiger partial charge in [0.2, 0.25) is 5.91 Å². The summed E-state index contributed by atoms with van der Waals surface area (Å²) in [4.78, 5) is 14.3. The third-order valence-electron chi connectivity index (χ3n) is 5.03. The maximum atomic E-state index is 13.0. The van der Waals surface area contributed by atoms with E-state index in [9.17, 15) is 14.3 Å². The number of aryl methyl sites for hydroxylation is 1. The lowest BCUT2D eigenvalue weighted by atomic mass is 9.85. The first-order valence-electron chi connectivity index (χ1n) is 8.93. The van der Waals surface area contributed by atoms with Gasteiger partial charge in [-0.1, -0.05) is 35.9 Å². The third kappa shape index (κ3) is 5.05. The molecule has 2 aromatic carbocycles. The summed E-state index contributed by atoms with van der Waals surface area (Å²) in [7, 11) is 0. The van der Waals surface area contributed by atoms with Crippen LogP contribution in [0.15, 0.2) is 48.5 Å².